The molecule has 0 saturated heterocycles. The molecule has 0 saturated carbocycles. The number of aryl methyl sites for hydroxylation is 1. The van der Waals surface area contributed by atoms with Crippen LogP contribution in [0, 0.1) is 6.92 Å². The molecule has 0 radical (unpaired) electrons. The fourth-order valence-corrected chi connectivity index (χ4v) is 0.744. The molecule has 2 nitrogen and oxygen atoms in total. The predicted octanol–water partition coefficient (Wildman–Crippen LogP) is 2.99. The average Bonchev–Trinajstić information content (AvgIpc) is 2.20. The standard InChI is InChI=1S/C9H11NO.Au.ClH/c1-8-3-5-9(6-4-8)10-7-11-2;;/h3-7H,1-2H3;;1H/q;+1;/p-1. The quantitative estimate of drug-likeness (QED) is 0.438. The Labute approximate surface area is 94.7 Å². The number of nitrogens with zero attached hydrogens (tertiary/aromatic N) is 1. The summed E-state index contributed by atoms with van der Waals surface area (Å²) in [5.74, 6) is 0. The Balaban J connectivity index is 0.000000671. The summed E-state index contributed by atoms with van der Waals surface area (Å²) >= 11 is 1.75. The average molecular weight is 382 g/mol. The summed E-state index contributed by atoms with van der Waals surface area (Å²) in [5, 5.41) is 0. The second-order valence-electron chi connectivity index (χ2n) is 2.31. The third kappa shape index (κ3) is 5.88. The number of ether oxygens (including phenoxy) is 1. The van der Waals surface area contributed by atoms with Gasteiger partial charge in [-0.05, 0) is 19.1 Å². The molecule has 0 spiro atoms. The minimum absolute atomic E-state index is 0.914. The first-order valence-electron chi connectivity index (χ1n) is 3.56. The Morgan fingerprint density at radius 1 is 1.31 bits per heavy atom. The maximum absolute atomic E-state index is 4.68. The number of hydrogen-bond donors (Lipinski definition) is 0. The van der Waals surface area contributed by atoms with E-state index in [0.717, 1.165) is 5.69 Å². The number of aliphatic imine (C=N–C) groups is 1. The van der Waals surface area contributed by atoms with E-state index in [1.165, 1.54) is 12.0 Å². The molecule has 0 aliphatic heterocycles. The Morgan fingerprint density at radius 2 is 1.85 bits per heavy atom. The van der Waals surface area contributed by atoms with Crippen LogP contribution in [0.3, 0.4) is 0 Å². The van der Waals surface area contributed by atoms with Gasteiger partial charge in [-0.3, -0.25) is 0 Å². The monoisotopic (exact) mass is 381 g/mol. The van der Waals surface area contributed by atoms with Gasteiger partial charge in [0.05, 0.1) is 12.8 Å². The first-order chi connectivity index (χ1) is 6.33. The van der Waals surface area contributed by atoms with Crippen molar-refractivity contribution in [1.82, 2.24) is 0 Å². The van der Waals surface area contributed by atoms with Gasteiger partial charge in [-0.25, -0.2) is 4.99 Å². The molecular formula is C9H11AuClNO. The van der Waals surface area contributed by atoms with E-state index in [9.17, 15) is 0 Å². The summed E-state index contributed by atoms with van der Waals surface area (Å²) in [6.45, 7) is 2.05. The van der Waals surface area contributed by atoms with Gasteiger partial charge in [0.2, 0.25) is 0 Å². The number of methoxy groups -OCH3 is 1. The van der Waals surface area contributed by atoms with E-state index in [4.69, 9.17) is 0 Å². The Kier molecular flexibility index (Phi) is 8.15. The van der Waals surface area contributed by atoms with Crippen LogP contribution in [0.4, 0.5) is 5.69 Å². The topological polar surface area (TPSA) is 21.6 Å². The van der Waals surface area contributed by atoms with E-state index in [1.54, 1.807) is 27.1 Å². The molecule has 0 N–H and O–H groups in total. The zero-order chi connectivity index (χ0) is 10.1. The van der Waals surface area contributed by atoms with E-state index in [1.807, 2.05) is 31.2 Å². The van der Waals surface area contributed by atoms with Gasteiger partial charge >= 0.3 is 29.2 Å². The normalized spacial score (nSPS) is 9.31. The molecule has 0 aromatic heterocycles. The van der Waals surface area contributed by atoms with Crippen molar-refractivity contribution < 1.29 is 24.7 Å². The molecule has 0 atom stereocenters. The van der Waals surface area contributed by atoms with Crippen LogP contribution in [0.5, 0.6) is 0 Å². The van der Waals surface area contributed by atoms with Crippen molar-refractivity contribution in [3.63, 3.8) is 0 Å². The predicted molar refractivity (Wildman–Crippen MR) is 52.2 cm³/mol. The molecule has 0 aliphatic rings. The number of rotatable bonds is 2. The third-order valence-corrected chi connectivity index (χ3v) is 1.34. The molecule has 1 aromatic rings. The molecule has 4 heteroatoms. The van der Waals surface area contributed by atoms with Crippen LogP contribution in [0.25, 0.3) is 0 Å². The van der Waals surface area contributed by atoms with Crippen molar-refractivity contribution in [3.05, 3.63) is 29.8 Å². The Hall–Kier alpha value is -0.280. The summed E-state index contributed by atoms with van der Waals surface area (Å²) in [7, 11) is 6.16. The molecule has 0 unspecified atom stereocenters. The van der Waals surface area contributed by atoms with E-state index >= 15 is 0 Å². The van der Waals surface area contributed by atoms with Crippen LogP contribution < -0.4 is 0 Å². The second kappa shape index (κ2) is 8.32. The van der Waals surface area contributed by atoms with Gasteiger partial charge in [-0.1, -0.05) is 17.7 Å². The van der Waals surface area contributed by atoms with Crippen molar-refractivity contribution in [2.24, 2.45) is 4.99 Å². The number of hydrogen-bond acceptors (Lipinski definition) is 2. The fourth-order valence-electron chi connectivity index (χ4n) is 0.744. The molecule has 0 heterocycles. The third-order valence-electron chi connectivity index (χ3n) is 1.34. The summed E-state index contributed by atoms with van der Waals surface area (Å²) < 4.78 is 4.68. The molecule has 1 aromatic carbocycles. The fraction of sp³-hybridized carbons (Fsp3) is 0.222. The van der Waals surface area contributed by atoms with Gasteiger partial charge in [0.25, 0.3) is 0 Å². The van der Waals surface area contributed by atoms with Crippen LogP contribution in [-0.2, 0) is 24.7 Å². The molecule has 0 bridgehead atoms. The van der Waals surface area contributed by atoms with Crippen molar-refractivity contribution in [1.29, 1.82) is 0 Å². The van der Waals surface area contributed by atoms with Crippen molar-refractivity contribution >= 4 is 21.3 Å². The zero-order valence-electron chi connectivity index (χ0n) is 7.42. The van der Waals surface area contributed by atoms with Crippen molar-refractivity contribution in [3.8, 4) is 0 Å². The van der Waals surface area contributed by atoms with Gasteiger partial charge < -0.3 is 4.74 Å². The minimum atomic E-state index is 0.914. The maximum atomic E-state index is 4.68. The van der Waals surface area contributed by atoms with Crippen molar-refractivity contribution in [2.45, 2.75) is 6.92 Å². The van der Waals surface area contributed by atoms with Crippen LogP contribution in [0.1, 0.15) is 5.56 Å². The van der Waals surface area contributed by atoms with Gasteiger partial charge in [-0.15, -0.1) is 0 Å². The van der Waals surface area contributed by atoms with Crippen LogP contribution in [0.15, 0.2) is 29.3 Å². The molecule has 0 aliphatic carbocycles. The van der Waals surface area contributed by atoms with Gasteiger partial charge in [-0.2, -0.15) is 0 Å². The van der Waals surface area contributed by atoms with Gasteiger partial charge in [0.15, 0.2) is 6.40 Å². The van der Waals surface area contributed by atoms with Crippen LogP contribution >= 0.6 is 9.19 Å². The van der Waals surface area contributed by atoms with E-state index in [2.05, 4.69) is 18.9 Å². The summed E-state index contributed by atoms with van der Waals surface area (Å²) in [5.41, 5.74) is 2.15. The summed E-state index contributed by atoms with van der Waals surface area (Å²) in [4.78, 5) is 4.02. The van der Waals surface area contributed by atoms with Gasteiger partial charge in [0.1, 0.15) is 0 Å². The van der Waals surface area contributed by atoms with Crippen molar-refractivity contribution in [2.75, 3.05) is 7.11 Å². The summed E-state index contributed by atoms with van der Waals surface area (Å²) in [6, 6.07) is 7.93. The number of halogens is 1. The first-order valence-corrected chi connectivity index (χ1v) is 6.25. The zero-order valence-corrected chi connectivity index (χ0v) is 10.3. The molecular weight excluding hydrogens is 371 g/mol. The molecule has 1 rings (SSSR count). The second-order valence-corrected chi connectivity index (χ2v) is 2.31. The molecule has 0 fully saturated rings. The van der Waals surface area contributed by atoms with Gasteiger partial charge in [0, 0.05) is 0 Å². The van der Waals surface area contributed by atoms with E-state index in [0.29, 0.717) is 0 Å². The molecule has 13 heavy (non-hydrogen) atoms. The molecule has 76 valence electrons. The molecule has 0 amide bonds. The van der Waals surface area contributed by atoms with E-state index in [-0.39, 0.29) is 0 Å². The number of benzene rings is 1. The first kappa shape index (κ1) is 12.7. The summed E-state index contributed by atoms with van der Waals surface area (Å²) in [6.07, 6.45) is 1.42. The van der Waals surface area contributed by atoms with Crippen LogP contribution in [-0.4, -0.2) is 13.5 Å². The van der Waals surface area contributed by atoms with Crippen LogP contribution in [0.2, 0.25) is 0 Å². The SMILES string of the molecule is COC=Nc1ccc(C)cc1.[Cl][Au]. The Morgan fingerprint density at radius 3 is 2.31 bits per heavy atom. The van der Waals surface area contributed by atoms with E-state index < -0.39 is 0 Å². The Bertz CT molecular complexity index is 248.